The largest absolute Gasteiger partial charge is 0.378 e. The molecule has 1 saturated heterocycles. The molecule has 1 aromatic carbocycles. The molecule has 0 radical (unpaired) electrons. The fourth-order valence-corrected chi connectivity index (χ4v) is 2.84. The number of amides is 1. The maximum absolute atomic E-state index is 12.5. The molecule has 2 heterocycles. The topological polar surface area (TPSA) is 49.6 Å². The van der Waals surface area contributed by atoms with Crippen molar-refractivity contribution in [1.29, 1.82) is 0 Å². The second-order valence-corrected chi connectivity index (χ2v) is 5.53. The Hall–Kier alpha value is -2.30. The summed E-state index contributed by atoms with van der Waals surface area (Å²) >= 11 is 0. The summed E-state index contributed by atoms with van der Waals surface area (Å²) in [6.07, 6.45) is 3.44. The molecule has 21 heavy (non-hydrogen) atoms. The fourth-order valence-electron chi connectivity index (χ4n) is 2.84. The van der Waals surface area contributed by atoms with Crippen LogP contribution in [0.25, 0.3) is 0 Å². The minimum absolute atomic E-state index is 0.0542. The van der Waals surface area contributed by atoms with E-state index in [0.717, 1.165) is 25.1 Å². The molecule has 0 N–H and O–H groups in total. The number of hydrogen-bond acceptors (Lipinski definition) is 4. The van der Waals surface area contributed by atoms with Crippen LogP contribution in [0.1, 0.15) is 34.9 Å². The lowest BCUT2D eigenvalue weighted by Gasteiger charge is -2.25. The predicted octanol–water partition coefficient (Wildman–Crippen LogP) is 2.72. The van der Waals surface area contributed by atoms with Crippen LogP contribution < -0.4 is 4.90 Å². The van der Waals surface area contributed by atoms with Crippen molar-refractivity contribution in [2.45, 2.75) is 18.9 Å². The van der Waals surface area contributed by atoms with E-state index in [9.17, 15) is 4.79 Å². The Kier molecular flexibility index (Phi) is 3.64. The van der Waals surface area contributed by atoms with Crippen LogP contribution in [0.15, 0.2) is 41.1 Å². The lowest BCUT2D eigenvalue weighted by atomic mass is 10.0. The zero-order chi connectivity index (χ0) is 14.8. The summed E-state index contributed by atoms with van der Waals surface area (Å²) in [5.41, 5.74) is 2.70. The summed E-state index contributed by atoms with van der Waals surface area (Å²) in [5.74, 6) is -0.0542. The molecule has 3 rings (SSSR count). The van der Waals surface area contributed by atoms with Gasteiger partial charge in [-0.15, -0.1) is 0 Å². The number of anilines is 1. The molecule has 0 spiro atoms. The van der Waals surface area contributed by atoms with E-state index in [4.69, 9.17) is 4.52 Å². The molecular formula is C16H19N3O2. The van der Waals surface area contributed by atoms with Gasteiger partial charge >= 0.3 is 0 Å². The molecule has 5 nitrogen and oxygen atoms in total. The van der Waals surface area contributed by atoms with Crippen LogP contribution in [0, 0.1) is 0 Å². The van der Waals surface area contributed by atoms with Crippen molar-refractivity contribution in [3.63, 3.8) is 0 Å². The van der Waals surface area contributed by atoms with Crippen LogP contribution in [0.5, 0.6) is 0 Å². The highest BCUT2D eigenvalue weighted by Gasteiger charge is 2.31. The number of nitrogens with zero attached hydrogens (tertiary/aromatic N) is 3. The number of carbonyl (C=O) groups is 1. The minimum atomic E-state index is -0.0542. The number of benzene rings is 1. The summed E-state index contributed by atoms with van der Waals surface area (Å²) in [4.78, 5) is 16.5. The lowest BCUT2D eigenvalue weighted by molar-refractivity contribution is 0.0725. The van der Waals surface area contributed by atoms with Gasteiger partial charge in [0.2, 0.25) is 0 Å². The molecule has 5 heteroatoms. The molecule has 0 aliphatic carbocycles. The van der Waals surface area contributed by atoms with Crippen molar-refractivity contribution in [2.75, 3.05) is 25.5 Å². The second kappa shape index (κ2) is 5.60. The lowest BCUT2D eigenvalue weighted by Crippen LogP contribution is -2.30. The molecule has 1 aromatic heterocycles. The molecular weight excluding hydrogens is 266 g/mol. The van der Waals surface area contributed by atoms with Gasteiger partial charge in [0.1, 0.15) is 6.26 Å². The molecule has 1 aliphatic heterocycles. The monoisotopic (exact) mass is 285 g/mol. The number of aromatic nitrogens is 1. The SMILES string of the molecule is CN(C)c1cccc([C@H]2CCCN2C(=O)c2ccon2)c1. The molecule has 1 aliphatic rings. The van der Waals surface area contributed by atoms with E-state index in [2.05, 4.69) is 28.3 Å². The van der Waals surface area contributed by atoms with Gasteiger partial charge in [0.05, 0.1) is 6.04 Å². The predicted molar refractivity (Wildman–Crippen MR) is 80.3 cm³/mol. The Morgan fingerprint density at radius 3 is 2.95 bits per heavy atom. The van der Waals surface area contributed by atoms with Gasteiger partial charge < -0.3 is 14.3 Å². The van der Waals surface area contributed by atoms with Crippen molar-refractivity contribution in [3.8, 4) is 0 Å². The van der Waals surface area contributed by atoms with Crippen molar-refractivity contribution in [3.05, 3.63) is 47.9 Å². The zero-order valence-corrected chi connectivity index (χ0v) is 12.3. The van der Waals surface area contributed by atoms with Gasteiger partial charge in [-0.3, -0.25) is 4.79 Å². The van der Waals surface area contributed by atoms with Crippen molar-refractivity contribution in [2.24, 2.45) is 0 Å². The van der Waals surface area contributed by atoms with Crippen LogP contribution in [0.3, 0.4) is 0 Å². The Bertz CT molecular complexity index is 622. The quantitative estimate of drug-likeness (QED) is 0.870. The highest BCUT2D eigenvalue weighted by Crippen LogP contribution is 2.34. The summed E-state index contributed by atoms with van der Waals surface area (Å²) in [7, 11) is 4.04. The number of rotatable bonds is 3. The Morgan fingerprint density at radius 1 is 1.38 bits per heavy atom. The Balaban J connectivity index is 1.87. The molecule has 1 amide bonds. The van der Waals surface area contributed by atoms with Gasteiger partial charge in [0.15, 0.2) is 5.69 Å². The fraction of sp³-hybridized carbons (Fsp3) is 0.375. The standard InChI is InChI=1S/C16H19N3O2/c1-18(2)13-6-3-5-12(11-13)15-7-4-9-19(15)16(20)14-8-10-21-17-14/h3,5-6,8,10-11,15H,4,7,9H2,1-2H3/t15-/m1/s1. The van der Waals surface area contributed by atoms with E-state index in [-0.39, 0.29) is 11.9 Å². The maximum atomic E-state index is 12.5. The average molecular weight is 285 g/mol. The molecule has 0 bridgehead atoms. The molecule has 1 fully saturated rings. The molecule has 110 valence electrons. The smallest absolute Gasteiger partial charge is 0.276 e. The van der Waals surface area contributed by atoms with Crippen LogP contribution in [-0.4, -0.2) is 36.6 Å². The van der Waals surface area contributed by atoms with Gasteiger partial charge in [0, 0.05) is 32.4 Å². The molecule has 0 unspecified atom stereocenters. The first-order chi connectivity index (χ1) is 10.2. The van der Waals surface area contributed by atoms with E-state index in [1.807, 2.05) is 25.1 Å². The van der Waals surface area contributed by atoms with E-state index >= 15 is 0 Å². The van der Waals surface area contributed by atoms with E-state index in [1.165, 1.54) is 11.8 Å². The first-order valence-corrected chi connectivity index (χ1v) is 7.15. The summed E-state index contributed by atoms with van der Waals surface area (Å²) < 4.78 is 4.78. The average Bonchev–Trinajstić information content (AvgIpc) is 3.18. The third kappa shape index (κ3) is 2.63. The Morgan fingerprint density at radius 2 is 2.24 bits per heavy atom. The summed E-state index contributed by atoms with van der Waals surface area (Å²) in [6.45, 7) is 0.766. The first-order valence-electron chi connectivity index (χ1n) is 7.15. The van der Waals surface area contributed by atoms with Crippen LogP contribution >= 0.6 is 0 Å². The van der Waals surface area contributed by atoms with Crippen LogP contribution in [-0.2, 0) is 0 Å². The first kappa shape index (κ1) is 13.7. The summed E-state index contributed by atoms with van der Waals surface area (Å²) in [5, 5.41) is 3.76. The van der Waals surface area contributed by atoms with Gasteiger partial charge in [-0.1, -0.05) is 17.3 Å². The molecule has 0 saturated carbocycles. The highest BCUT2D eigenvalue weighted by atomic mass is 16.5. The molecule has 2 aromatic rings. The maximum Gasteiger partial charge on any atom is 0.276 e. The van der Waals surface area contributed by atoms with Crippen molar-refractivity contribution in [1.82, 2.24) is 10.1 Å². The van der Waals surface area contributed by atoms with Gasteiger partial charge in [0.25, 0.3) is 5.91 Å². The zero-order valence-electron chi connectivity index (χ0n) is 12.3. The highest BCUT2D eigenvalue weighted by molar-refractivity contribution is 5.92. The van der Waals surface area contributed by atoms with Gasteiger partial charge in [-0.25, -0.2) is 0 Å². The third-order valence-corrected chi connectivity index (χ3v) is 3.94. The number of hydrogen-bond donors (Lipinski definition) is 0. The van der Waals surface area contributed by atoms with E-state index < -0.39 is 0 Å². The third-order valence-electron chi connectivity index (χ3n) is 3.94. The second-order valence-electron chi connectivity index (χ2n) is 5.53. The number of carbonyl (C=O) groups excluding carboxylic acids is 1. The minimum Gasteiger partial charge on any atom is -0.378 e. The van der Waals surface area contributed by atoms with Crippen LogP contribution in [0.2, 0.25) is 0 Å². The molecule has 1 atom stereocenters. The van der Waals surface area contributed by atoms with Crippen molar-refractivity contribution >= 4 is 11.6 Å². The van der Waals surface area contributed by atoms with Crippen molar-refractivity contribution < 1.29 is 9.32 Å². The van der Waals surface area contributed by atoms with Gasteiger partial charge in [-0.05, 0) is 30.5 Å². The number of likely N-dealkylation sites (tertiary alicyclic amines) is 1. The summed E-state index contributed by atoms with van der Waals surface area (Å²) in [6, 6.07) is 10.1. The Labute approximate surface area is 124 Å². The van der Waals surface area contributed by atoms with Gasteiger partial charge in [-0.2, -0.15) is 0 Å². The van der Waals surface area contributed by atoms with Crippen LogP contribution in [0.4, 0.5) is 5.69 Å². The van der Waals surface area contributed by atoms with E-state index in [1.54, 1.807) is 6.07 Å². The van der Waals surface area contributed by atoms with E-state index in [0.29, 0.717) is 5.69 Å². The normalized spacial score (nSPS) is 18.0.